The Bertz CT molecular complexity index is 584. The standard InChI is InChI=1S/C16H22N4/c1-11-7-8-12(2)19(11)17-15(5)16(6)18-20-13(3)9-10-14(20)4/h7-10H,1-6H3. The van der Waals surface area contributed by atoms with Crippen LogP contribution in [0.5, 0.6) is 0 Å². The first-order chi connectivity index (χ1) is 9.40. The lowest BCUT2D eigenvalue weighted by Gasteiger charge is -2.07. The summed E-state index contributed by atoms with van der Waals surface area (Å²) in [6, 6.07) is 8.27. The molecule has 0 amide bonds. The molecule has 4 nitrogen and oxygen atoms in total. The molecule has 0 N–H and O–H groups in total. The van der Waals surface area contributed by atoms with Crippen LogP contribution in [0.1, 0.15) is 36.6 Å². The number of hydrogen-bond acceptors (Lipinski definition) is 2. The minimum atomic E-state index is 0.917. The van der Waals surface area contributed by atoms with Crippen LogP contribution in [0.25, 0.3) is 0 Å². The summed E-state index contributed by atoms with van der Waals surface area (Å²) in [7, 11) is 0. The van der Waals surface area contributed by atoms with Gasteiger partial charge in [-0.2, -0.15) is 10.2 Å². The van der Waals surface area contributed by atoms with Crippen molar-refractivity contribution in [3.63, 3.8) is 0 Å². The van der Waals surface area contributed by atoms with Crippen LogP contribution in [0.4, 0.5) is 0 Å². The van der Waals surface area contributed by atoms with E-state index in [4.69, 9.17) is 0 Å². The summed E-state index contributed by atoms with van der Waals surface area (Å²) < 4.78 is 3.90. The lowest BCUT2D eigenvalue weighted by molar-refractivity contribution is 0.805. The fourth-order valence-electron chi connectivity index (χ4n) is 2.08. The summed E-state index contributed by atoms with van der Waals surface area (Å²) >= 11 is 0. The minimum absolute atomic E-state index is 0.917. The summed E-state index contributed by atoms with van der Waals surface area (Å²) in [6.45, 7) is 12.2. The zero-order valence-corrected chi connectivity index (χ0v) is 13.1. The predicted octanol–water partition coefficient (Wildman–Crippen LogP) is 3.67. The van der Waals surface area contributed by atoms with E-state index in [1.807, 2.05) is 23.2 Å². The van der Waals surface area contributed by atoms with Crippen LogP contribution >= 0.6 is 0 Å². The fourth-order valence-corrected chi connectivity index (χ4v) is 2.08. The van der Waals surface area contributed by atoms with E-state index in [2.05, 4.69) is 62.2 Å². The van der Waals surface area contributed by atoms with Gasteiger partial charge in [-0.25, -0.2) is 9.35 Å². The largest absolute Gasteiger partial charge is 0.242 e. The van der Waals surface area contributed by atoms with Gasteiger partial charge in [-0.1, -0.05) is 0 Å². The summed E-state index contributed by atoms with van der Waals surface area (Å²) in [5.74, 6) is 0. The smallest absolute Gasteiger partial charge is 0.0812 e. The molecule has 0 aliphatic rings. The predicted molar refractivity (Wildman–Crippen MR) is 84.8 cm³/mol. The van der Waals surface area contributed by atoms with Gasteiger partial charge >= 0.3 is 0 Å². The van der Waals surface area contributed by atoms with Crippen molar-refractivity contribution in [2.45, 2.75) is 41.5 Å². The summed E-state index contributed by atoms with van der Waals surface area (Å²) in [5.41, 5.74) is 6.34. The molecule has 0 saturated heterocycles. The van der Waals surface area contributed by atoms with Gasteiger partial charge in [-0.3, -0.25) is 0 Å². The number of aromatic nitrogens is 2. The Balaban J connectivity index is 2.36. The highest BCUT2D eigenvalue weighted by atomic mass is 15.4. The highest BCUT2D eigenvalue weighted by molar-refractivity contribution is 6.40. The average molecular weight is 270 g/mol. The Labute approximate surface area is 120 Å². The third kappa shape index (κ3) is 2.74. The second kappa shape index (κ2) is 5.49. The number of hydrogen-bond donors (Lipinski definition) is 0. The molecule has 2 heterocycles. The molecule has 0 spiro atoms. The first-order valence-electron chi connectivity index (χ1n) is 6.81. The van der Waals surface area contributed by atoms with Crippen molar-refractivity contribution >= 4 is 11.4 Å². The van der Waals surface area contributed by atoms with Gasteiger partial charge in [0.25, 0.3) is 0 Å². The van der Waals surface area contributed by atoms with Gasteiger partial charge in [-0.05, 0) is 65.8 Å². The Morgan fingerprint density at radius 3 is 1.15 bits per heavy atom. The molecule has 0 radical (unpaired) electrons. The maximum atomic E-state index is 4.65. The molecule has 0 aliphatic heterocycles. The van der Waals surface area contributed by atoms with Gasteiger partial charge in [0.1, 0.15) is 0 Å². The van der Waals surface area contributed by atoms with Gasteiger partial charge in [0, 0.05) is 22.8 Å². The highest BCUT2D eigenvalue weighted by Crippen LogP contribution is 2.09. The van der Waals surface area contributed by atoms with Crippen LogP contribution in [0.2, 0.25) is 0 Å². The molecule has 0 aromatic carbocycles. The second-order valence-electron chi connectivity index (χ2n) is 5.23. The lowest BCUT2D eigenvalue weighted by Crippen LogP contribution is -2.12. The quantitative estimate of drug-likeness (QED) is 0.763. The van der Waals surface area contributed by atoms with Crippen molar-refractivity contribution in [3.8, 4) is 0 Å². The Hall–Kier alpha value is -2.10. The zero-order valence-electron chi connectivity index (χ0n) is 13.1. The molecule has 0 saturated carbocycles. The Kier molecular flexibility index (Phi) is 3.93. The van der Waals surface area contributed by atoms with Gasteiger partial charge in [0.2, 0.25) is 0 Å². The van der Waals surface area contributed by atoms with E-state index in [0.29, 0.717) is 0 Å². The van der Waals surface area contributed by atoms with Crippen molar-refractivity contribution in [1.29, 1.82) is 0 Å². The maximum absolute atomic E-state index is 4.65. The number of nitrogens with zero attached hydrogens (tertiary/aromatic N) is 4. The van der Waals surface area contributed by atoms with Crippen LogP contribution in [0.15, 0.2) is 34.5 Å². The van der Waals surface area contributed by atoms with Gasteiger partial charge in [0.05, 0.1) is 11.4 Å². The number of rotatable bonds is 3. The molecule has 0 fully saturated rings. The summed E-state index contributed by atoms with van der Waals surface area (Å²) in [6.07, 6.45) is 0. The summed E-state index contributed by atoms with van der Waals surface area (Å²) in [4.78, 5) is 0. The molecule has 4 heteroatoms. The van der Waals surface area contributed by atoms with Crippen LogP contribution in [-0.4, -0.2) is 20.8 Å². The Morgan fingerprint density at radius 2 is 0.900 bits per heavy atom. The molecule has 0 aliphatic carbocycles. The van der Waals surface area contributed by atoms with Gasteiger partial charge < -0.3 is 0 Å². The van der Waals surface area contributed by atoms with E-state index in [-0.39, 0.29) is 0 Å². The number of aryl methyl sites for hydroxylation is 4. The molecule has 0 bridgehead atoms. The first-order valence-corrected chi connectivity index (χ1v) is 6.81. The van der Waals surface area contributed by atoms with E-state index in [1.54, 1.807) is 0 Å². The van der Waals surface area contributed by atoms with E-state index in [9.17, 15) is 0 Å². The van der Waals surface area contributed by atoms with Crippen LogP contribution < -0.4 is 0 Å². The monoisotopic (exact) mass is 270 g/mol. The zero-order chi connectivity index (χ0) is 14.9. The van der Waals surface area contributed by atoms with Crippen molar-refractivity contribution in [2.75, 3.05) is 0 Å². The average Bonchev–Trinajstić information content (AvgIpc) is 2.88. The SMILES string of the molecule is CC(=Nn1c(C)ccc1C)C(C)=Nn1c(C)ccc1C. The van der Waals surface area contributed by atoms with E-state index >= 15 is 0 Å². The molecule has 20 heavy (non-hydrogen) atoms. The Morgan fingerprint density at radius 1 is 0.650 bits per heavy atom. The van der Waals surface area contributed by atoms with E-state index in [1.165, 1.54) is 0 Å². The van der Waals surface area contributed by atoms with E-state index < -0.39 is 0 Å². The molecular weight excluding hydrogens is 248 g/mol. The normalized spacial score (nSPS) is 13.1. The van der Waals surface area contributed by atoms with E-state index in [0.717, 1.165) is 34.2 Å². The lowest BCUT2D eigenvalue weighted by atomic mass is 10.3. The van der Waals surface area contributed by atoms with Gasteiger partial charge in [0.15, 0.2) is 0 Å². The molecular formula is C16H22N4. The third-order valence-electron chi connectivity index (χ3n) is 3.49. The first kappa shape index (κ1) is 14.3. The van der Waals surface area contributed by atoms with Crippen LogP contribution in [-0.2, 0) is 0 Å². The van der Waals surface area contributed by atoms with Crippen molar-refractivity contribution in [2.24, 2.45) is 10.2 Å². The molecule has 2 rings (SSSR count). The molecule has 0 atom stereocenters. The molecule has 2 aromatic heterocycles. The molecule has 106 valence electrons. The van der Waals surface area contributed by atoms with Crippen molar-refractivity contribution < 1.29 is 0 Å². The topological polar surface area (TPSA) is 34.6 Å². The minimum Gasteiger partial charge on any atom is -0.242 e. The fraction of sp³-hybridized carbons (Fsp3) is 0.375. The summed E-state index contributed by atoms with van der Waals surface area (Å²) in [5, 5.41) is 9.29. The molecule has 0 unspecified atom stereocenters. The maximum Gasteiger partial charge on any atom is 0.0812 e. The molecule has 2 aromatic rings. The highest BCUT2D eigenvalue weighted by Gasteiger charge is 2.04. The van der Waals surface area contributed by atoms with Gasteiger partial charge in [-0.15, -0.1) is 0 Å². The van der Waals surface area contributed by atoms with Crippen LogP contribution in [0, 0.1) is 27.7 Å². The van der Waals surface area contributed by atoms with Crippen molar-refractivity contribution in [3.05, 3.63) is 47.0 Å². The second-order valence-corrected chi connectivity index (χ2v) is 5.23. The third-order valence-corrected chi connectivity index (χ3v) is 3.49. The van der Waals surface area contributed by atoms with Crippen LogP contribution in [0.3, 0.4) is 0 Å². The van der Waals surface area contributed by atoms with Crippen molar-refractivity contribution in [1.82, 2.24) is 9.35 Å².